The van der Waals surface area contributed by atoms with Gasteiger partial charge in [0.15, 0.2) is 6.04 Å². The van der Waals surface area contributed by atoms with Crippen LogP contribution in [-0.2, 0) is 14.8 Å². The first-order valence-electron chi connectivity index (χ1n) is 8.74. The molecule has 27 heavy (non-hydrogen) atoms. The number of aryl methyl sites for hydroxylation is 1. The number of amides is 1. The molecule has 146 valence electrons. The Morgan fingerprint density at radius 2 is 2.00 bits per heavy atom. The largest absolute Gasteiger partial charge is 0.323 e. The average molecular weight is 413 g/mol. The minimum Gasteiger partial charge on any atom is -0.323 e. The molecule has 1 aliphatic heterocycles. The van der Waals surface area contributed by atoms with Gasteiger partial charge in [0.25, 0.3) is 15.9 Å². The van der Waals surface area contributed by atoms with Crippen molar-refractivity contribution >= 4 is 33.0 Å². The lowest BCUT2D eigenvalue weighted by Gasteiger charge is -2.33. The number of benzene rings is 1. The molecule has 6 nitrogen and oxygen atoms in total. The van der Waals surface area contributed by atoms with Gasteiger partial charge in [-0.25, -0.2) is 12.8 Å². The van der Waals surface area contributed by atoms with Gasteiger partial charge in [0.1, 0.15) is 10.0 Å². The van der Waals surface area contributed by atoms with Crippen LogP contribution >= 0.6 is 11.3 Å². The molecule has 1 saturated heterocycles. The number of nitrogens with one attached hydrogen (secondary N) is 2. The quantitative estimate of drug-likeness (QED) is 0.773. The lowest BCUT2D eigenvalue weighted by atomic mass is 10.2. The zero-order valence-electron chi connectivity index (χ0n) is 15.2. The summed E-state index contributed by atoms with van der Waals surface area (Å²) < 4.78 is 40.6. The van der Waals surface area contributed by atoms with Crippen LogP contribution in [0.15, 0.2) is 39.9 Å². The van der Waals surface area contributed by atoms with Crippen LogP contribution in [0.2, 0.25) is 0 Å². The Morgan fingerprint density at radius 1 is 1.30 bits per heavy atom. The van der Waals surface area contributed by atoms with E-state index in [9.17, 15) is 17.6 Å². The van der Waals surface area contributed by atoms with Gasteiger partial charge in [-0.3, -0.25) is 4.79 Å². The van der Waals surface area contributed by atoms with E-state index in [4.69, 9.17) is 0 Å². The standard InChI is InChI=1S/C18H22FN3O3S2/c1-13-5-6-15(12-16(13)19)20-18(23)14(2)21-7-9-22(10-8-21)27(24,25)17-4-3-11-26-17/h3-6,11-12,14H,7-10H2,1-2H3,(H,20,23)/p+1/t14-/m1/s1. The van der Waals surface area contributed by atoms with Crippen LogP contribution in [0.4, 0.5) is 10.1 Å². The van der Waals surface area contributed by atoms with E-state index in [1.54, 1.807) is 43.5 Å². The zero-order chi connectivity index (χ0) is 19.6. The number of carbonyl (C=O) groups excluding carboxylic acids is 1. The summed E-state index contributed by atoms with van der Waals surface area (Å²) in [5.74, 6) is -0.567. The molecule has 2 aromatic rings. The maximum absolute atomic E-state index is 13.6. The normalized spacial score (nSPS) is 17.6. The van der Waals surface area contributed by atoms with Crippen molar-refractivity contribution in [3.8, 4) is 0 Å². The summed E-state index contributed by atoms with van der Waals surface area (Å²) in [5.41, 5.74) is 0.947. The number of anilines is 1. The molecule has 1 aromatic heterocycles. The summed E-state index contributed by atoms with van der Waals surface area (Å²) in [5, 5.41) is 4.49. The number of rotatable bonds is 5. The fourth-order valence-electron chi connectivity index (χ4n) is 3.09. The first-order chi connectivity index (χ1) is 12.8. The van der Waals surface area contributed by atoms with Gasteiger partial charge in [-0.05, 0) is 43.0 Å². The molecule has 0 spiro atoms. The predicted molar refractivity (Wildman–Crippen MR) is 103 cm³/mol. The Balaban J connectivity index is 1.58. The Hall–Kier alpha value is -1.81. The molecule has 1 aliphatic rings. The third kappa shape index (κ3) is 4.37. The number of thiophene rings is 1. The van der Waals surface area contributed by atoms with Crippen molar-refractivity contribution < 1.29 is 22.5 Å². The van der Waals surface area contributed by atoms with Gasteiger partial charge in [-0.2, -0.15) is 4.31 Å². The number of carbonyl (C=O) groups is 1. The molecule has 0 bridgehead atoms. The van der Waals surface area contributed by atoms with Gasteiger partial charge in [0.2, 0.25) is 0 Å². The third-order valence-corrected chi connectivity index (χ3v) is 8.17. The Morgan fingerprint density at radius 3 is 2.59 bits per heavy atom. The van der Waals surface area contributed by atoms with Crippen molar-refractivity contribution in [2.75, 3.05) is 31.5 Å². The number of sulfonamides is 1. The lowest BCUT2D eigenvalue weighted by molar-refractivity contribution is -0.917. The lowest BCUT2D eigenvalue weighted by Crippen LogP contribution is -3.19. The van der Waals surface area contributed by atoms with Crippen molar-refractivity contribution in [2.24, 2.45) is 0 Å². The van der Waals surface area contributed by atoms with Crippen LogP contribution in [0.25, 0.3) is 0 Å². The molecule has 0 radical (unpaired) electrons. The number of halogens is 1. The van der Waals surface area contributed by atoms with E-state index in [2.05, 4.69) is 5.32 Å². The SMILES string of the molecule is Cc1ccc(NC(=O)[C@@H](C)[NH+]2CCN(S(=O)(=O)c3cccs3)CC2)cc1F. The van der Waals surface area contributed by atoms with E-state index >= 15 is 0 Å². The average Bonchev–Trinajstić information content (AvgIpc) is 3.20. The molecular formula is C18H23FN3O3S2+. The van der Waals surface area contributed by atoms with E-state index in [-0.39, 0.29) is 17.8 Å². The van der Waals surface area contributed by atoms with Crippen LogP contribution < -0.4 is 10.2 Å². The fourth-order valence-corrected chi connectivity index (χ4v) is 5.68. The summed E-state index contributed by atoms with van der Waals surface area (Å²) in [6, 6.07) is 7.57. The van der Waals surface area contributed by atoms with Crippen molar-refractivity contribution in [1.82, 2.24) is 4.31 Å². The number of quaternary nitrogens is 1. The maximum atomic E-state index is 13.6. The van der Waals surface area contributed by atoms with E-state index in [1.165, 1.54) is 21.7 Å². The minimum atomic E-state index is -3.45. The van der Waals surface area contributed by atoms with Gasteiger partial charge >= 0.3 is 0 Å². The predicted octanol–water partition coefficient (Wildman–Crippen LogP) is 1.11. The monoisotopic (exact) mass is 412 g/mol. The van der Waals surface area contributed by atoms with Crippen molar-refractivity contribution in [1.29, 1.82) is 0 Å². The van der Waals surface area contributed by atoms with E-state index < -0.39 is 10.0 Å². The Bertz CT molecular complexity index is 908. The van der Waals surface area contributed by atoms with Gasteiger partial charge in [0.05, 0.1) is 26.2 Å². The van der Waals surface area contributed by atoms with Gasteiger partial charge in [-0.1, -0.05) is 12.1 Å². The van der Waals surface area contributed by atoms with Crippen molar-refractivity contribution in [3.05, 3.63) is 47.1 Å². The van der Waals surface area contributed by atoms with E-state index in [0.29, 0.717) is 41.6 Å². The Labute approximate surface area is 162 Å². The molecule has 1 amide bonds. The molecule has 0 aliphatic carbocycles. The summed E-state index contributed by atoms with van der Waals surface area (Å²) in [6.45, 7) is 5.29. The van der Waals surface area contributed by atoms with Gasteiger partial charge < -0.3 is 10.2 Å². The molecular weight excluding hydrogens is 389 g/mol. The fraction of sp³-hybridized carbons (Fsp3) is 0.389. The summed E-state index contributed by atoms with van der Waals surface area (Å²) in [6.07, 6.45) is 0. The van der Waals surface area contributed by atoms with Crippen LogP contribution in [0.3, 0.4) is 0 Å². The van der Waals surface area contributed by atoms with Crippen LogP contribution in [0.1, 0.15) is 12.5 Å². The molecule has 0 unspecified atom stereocenters. The zero-order valence-corrected chi connectivity index (χ0v) is 16.9. The highest BCUT2D eigenvalue weighted by Crippen LogP contribution is 2.20. The molecule has 3 rings (SSSR count). The third-order valence-electron chi connectivity index (χ3n) is 4.90. The highest BCUT2D eigenvalue weighted by molar-refractivity contribution is 7.91. The molecule has 1 aromatic carbocycles. The topological polar surface area (TPSA) is 70.9 Å². The van der Waals surface area contributed by atoms with Gasteiger partial charge in [0, 0.05) is 5.69 Å². The van der Waals surface area contributed by atoms with Crippen LogP contribution in [-0.4, -0.2) is 50.9 Å². The molecule has 2 heterocycles. The first kappa shape index (κ1) is 19.9. The minimum absolute atomic E-state index is 0.206. The number of hydrogen-bond donors (Lipinski definition) is 2. The number of nitrogens with zero attached hydrogens (tertiary/aromatic N) is 1. The second-order valence-corrected chi connectivity index (χ2v) is 9.78. The molecule has 0 saturated carbocycles. The summed E-state index contributed by atoms with van der Waals surface area (Å²) >= 11 is 1.21. The molecule has 1 fully saturated rings. The van der Waals surface area contributed by atoms with E-state index in [1.807, 2.05) is 0 Å². The highest BCUT2D eigenvalue weighted by Gasteiger charge is 2.34. The highest BCUT2D eigenvalue weighted by atomic mass is 32.2. The van der Waals surface area contributed by atoms with Crippen molar-refractivity contribution in [2.45, 2.75) is 24.1 Å². The number of hydrogen-bond acceptors (Lipinski definition) is 4. The van der Waals surface area contributed by atoms with Crippen LogP contribution in [0.5, 0.6) is 0 Å². The smallest absolute Gasteiger partial charge is 0.282 e. The molecule has 9 heteroatoms. The summed E-state index contributed by atoms with van der Waals surface area (Å²) in [7, 11) is -3.45. The van der Waals surface area contributed by atoms with E-state index in [0.717, 1.165) is 4.90 Å². The molecule has 2 N–H and O–H groups in total. The van der Waals surface area contributed by atoms with Crippen LogP contribution in [0, 0.1) is 12.7 Å². The first-order valence-corrected chi connectivity index (χ1v) is 11.1. The molecule has 1 atom stereocenters. The second-order valence-electron chi connectivity index (χ2n) is 6.67. The summed E-state index contributed by atoms with van der Waals surface area (Å²) in [4.78, 5) is 13.5. The van der Waals surface area contributed by atoms with Gasteiger partial charge in [-0.15, -0.1) is 11.3 Å². The maximum Gasteiger partial charge on any atom is 0.282 e. The Kier molecular flexibility index (Phi) is 5.95. The second kappa shape index (κ2) is 8.05. The number of piperazine rings is 1. The van der Waals surface area contributed by atoms with Crippen molar-refractivity contribution in [3.63, 3.8) is 0 Å².